The minimum Gasteiger partial charge on any atom is -0.361 e. The molecular formula is C14H16N2. The van der Waals surface area contributed by atoms with Crippen LogP contribution < -0.4 is 5.32 Å². The Hall–Kier alpha value is -1.54. The summed E-state index contributed by atoms with van der Waals surface area (Å²) in [5.74, 6) is 0. The normalized spacial score (nSPS) is 16.4. The Morgan fingerprint density at radius 2 is 2.19 bits per heavy atom. The number of hydrogen-bond acceptors (Lipinski definition) is 1. The lowest BCUT2D eigenvalue weighted by molar-refractivity contribution is 0.739. The number of nitrogens with one attached hydrogen (secondary N) is 2. The molecule has 0 bridgehead atoms. The van der Waals surface area contributed by atoms with Crippen LogP contribution in [0.4, 0.5) is 0 Å². The Kier molecular flexibility index (Phi) is 2.29. The highest BCUT2D eigenvalue weighted by Crippen LogP contribution is 2.24. The van der Waals surface area contributed by atoms with Crippen molar-refractivity contribution in [3.63, 3.8) is 0 Å². The van der Waals surface area contributed by atoms with Crippen molar-refractivity contribution in [1.29, 1.82) is 0 Å². The van der Waals surface area contributed by atoms with Gasteiger partial charge in [0.2, 0.25) is 0 Å². The number of aromatic amines is 1. The van der Waals surface area contributed by atoms with Gasteiger partial charge in [0.25, 0.3) is 0 Å². The van der Waals surface area contributed by atoms with Gasteiger partial charge >= 0.3 is 0 Å². The van der Waals surface area contributed by atoms with Crippen LogP contribution in [-0.2, 0) is 0 Å². The van der Waals surface area contributed by atoms with Gasteiger partial charge in [-0.1, -0.05) is 12.1 Å². The summed E-state index contributed by atoms with van der Waals surface area (Å²) in [6.45, 7) is 4.25. The maximum atomic E-state index is 3.41. The SMILES string of the molecule is Cc1c[nH]c2ccc(C3=CCCNC3)cc12. The van der Waals surface area contributed by atoms with Gasteiger partial charge in [-0.05, 0) is 48.7 Å². The quantitative estimate of drug-likeness (QED) is 0.747. The fraction of sp³-hybridized carbons (Fsp3) is 0.286. The third-order valence-corrected chi connectivity index (χ3v) is 3.29. The molecule has 0 atom stereocenters. The molecule has 0 amide bonds. The van der Waals surface area contributed by atoms with Crippen molar-refractivity contribution in [2.24, 2.45) is 0 Å². The molecule has 3 rings (SSSR count). The number of aromatic nitrogens is 1. The second-order valence-electron chi connectivity index (χ2n) is 4.43. The van der Waals surface area contributed by atoms with Crippen molar-refractivity contribution in [3.8, 4) is 0 Å². The van der Waals surface area contributed by atoms with E-state index < -0.39 is 0 Å². The zero-order valence-corrected chi connectivity index (χ0v) is 9.51. The molecule has 0 radical (unpaired) electrons. The lowest BCUT2D eigenvalue weighted by atomic mass is 10.00. The van der Waals surface area contributed by atoms with Gasteiger partial charge in [-0.2, -0.15) is 0 Å². The number of fused-ring (bicyclic) bond motifs is 1. The number of aryl methyl sites for hydroxylation is 1. The standard InChI is InChI=1S/C14H16N2/c1-10-8-16-14-5-4-11(7-13(10)14)12-3-2-6-15-9-12/h3-5,7-8,15-16H,2,6,9H2,1H3. The molecule has 2 heteroatoms. The highest BCUT2D eigenvalue weighted by atomic mass is 14.9. The molecule has 0 spiro atoms. The number of rotatable bonds is 1. The van der Waals surface area contributed by atoms with Crippen LogP contribution in [-0.4, -0.2) is 18.1 Å². The van der Waals surface area contributed by atoms with Crippen molar-refractivity contribution < 1.29 is 0 Å². The molecule has 2 N–H and O–H groups in total. The summed E-state index contributed by atoms with van der Waals surface area (Å²) >= 11 is 0. The van der Waals surface area contributed by atoms with Gasteiger partial charge < -0.3 is 10.3 Å². The molecule has 82 valence electrons. The highest BCUT2D eigenvalue weighted by Gasteiger charge is 2.07. The zero-order valence-electron chi connectivity index (χ0n) is 9.51. The average molecular weight is 212 g/mol. The topological polar surface area (TPSA) is 27.8 Å². The first kappa shape index (κ1) is 9.67. The molecule has 1 aromatic heterocycles. The van der Waals surface area contributed by atoms with Crippen LogP contribution in [0.3, 0.4) is 0 Å². The molecule has 1 aromatic carbocycles. The predicted octanol–water partition coefficient (Wildman–Crippen LogP) is 2.85. The lowest BCUT2D eigenvalue weighted by Gasteiger charge is -2.14. The van der Waals surface area contributed by atoms with E-state index in [0.29, 0.717) is 0 Å². The van der Waals surface area contributed by atoms with Gasteiger partial charge in [0.05, 0.1) is 0 Å². The van der Waals surface area contributed by atoms with E-state index in [4.69, 9.17) is 0 Å². The number of benzene rings is 1. The number of hydrogen-bond donors (Lipinski definition) is 2. The van der Waals surface area contributed by atoms with E-state index in [2.05, 4.69) is 47.7 Å². The molecule has 0 saturated heterocycles. The van der Waals surface area contributed by atoms with Gasteiger partial charge in [-0.15, -0.1) is 0 Å². The number of H-pyrrole nitrogens is 1. The minimum atomic E-state index is 0.995. The largest absolute Gasteiger partial charge is 0.361 e. The summed E-state index contributed by atoms with van der Waals surface area (Å²) in [5, 5.41) is 4.75. The third-order valence-electron chi connectivity index (χ3n) is 3.29. The fourth-order valence-corrected chi connectivity index (χ4v) is 2.32. The van der Waals surface area contributed by atoms with Crippen LogP contribution in [0.5, 0.6) is 0 Å². The molecule has 0 fully saturated rings. The minimum absolute atomic E-state index is 0.995. The van der Waals surface area contributed by atoms with Gasteiger partial charge in [0, 0.05) is 23.6 Å². The summed E-state index contributed by atoms with van der Waals surface area (Å²) in [6, 6.07) is 6.67. The Morgan fingerprint density at radius 3 is 3.00 bits per heavy atom. The van der Waals surface area contributed by atoms with Crippen molar-refractivity contribution in [2.45, 2.75) is 13.3 Å². The monoisotopic (exact) mass is 212 g/mol. The lowest BCUT2D eigenvalue weighted by Crippen LogP contribution is -2.21. The Labute approximate surface area is 95.4 Å². The predicted molar refractivity (Wildman–Crippen MR) is 68.5 cm³/mol. The molecule has 1 aliphatic heterocycles. The maximum Gasteiger partial charge on any atom is 0.0457 e. The first-order valence-corrected chi connectivity index (χ1v) is 5.82. The van der Waals surface area contributed by atoms with Crippen LogP contribution in [0.1, 0.15) is 17.5 Å². The van der Waals surface area contributed by atoms with Gasteiger partial charge in [0.1, 0.15) is 0 Å². The Balaban J connectivity index is 2.10. The molecule has 0 unspecified atom stereocenters. The van der Waals surface area contributed by atoms with E-state index in [9.17, 15) is 0 Å². The van der Waals surface area contributed by atoms with Crippen molar-refractivity contribution in [3.05, 3.63) is 41.6 Å². The molecule has 1 aliphatic rings. The van der Waals surface area contributed by atoms with Gasteiger partial charge in [-0.3, -0.25) is 0 Å². The molecule has 0 saturated carbocycles. The fourth-order valence-electron chi connectivity index (χ4n) is 2.32. The highest BCUT2D eigenvalue weighted by molar-refractivity contribution is 5.87. The molecule has 16 heavy (non-hydrogen) atoms. The average Bonchev–Trinajstić information content (AvgIpc) is 2.72. The van der Waals surface area contributed by atoms with Crippen molar-refractivity contribution >= 4 is 16.5 Å². The van der Waals surface area contributed by atoms with Crippen LogP contribution in [0.2, 0.25) is 0 Å². The smallest absolute Gasteiger partial charge is 0.0457 e. The van der Waals surface area contributed by atoms with Crippen LogP contribution in [0.15, 0.2) is 30.5 Å². The summed E-state index contributed by atoms with van der Waals surface area (Å²) < 4.78 is 0. The van der Waals surface area contributed by atoms with E-state index in [1.807, 2.05) is 0 Å². The second kappa shape index (κ2) is 3.80. The molecule has 2 nitrogen and oxygen atoms in total. The van der Waals surface area contributed by atoms with Crippen molar-refractivity contribution in [2.75, 3.05) is 13.1 Å². The summed E-state index contributed by atoms with van der Waals surface area (Å²) in [6.07, 6.45) is 5.56. The van der Waals surface area contributed by atoms with E-state index in [0.717, 1.165) is 19.5 Å². The van der Waals surface area contributed by atoms with Crippen molar-refractivity contribution in [1.82, 2.24) is 10.3 Å². The molecule has 0 aliphatic carbocycles. The van der Waals surface area contributed by atoms with Crippen LogP contribution in [0, 0.1) is 6.92 Å². The Bertz CT molecular complexity index is 549. The van der Waals surface area contributed by atoms with E-state index in [-0.39, 0.29) is 0 Å². The van der Waals surface area contributed by atoms with E-state index in [1.54, 1.807) is 0 Å². The first-order valence-electron chi connectivity index (χ1n) is 5.82. The zero-order chi connectivity index (χ0) is 11.0. The molecular weight excluding hydrogens is 196 g/mol. The summed E-state index contributed by atoms with van der Waals surface area (Å²) in [7, 11) is 0. The summed E-state index contributed by atoms with van der Waals surface area (Å²) in [4.78, 5) is 3.28. The molecule has 2 aromatic rings. The van der Waals surface area contributed by atoms with Crippen LogP contribution >= 0.6 is 0 Å². The Morgan fingerprint density at radius 1 is 1.25 bits per heavy atom. The summed E-state index contributed by atoms with van der Waals surface area (Å²) in [5.41, 5.74) is 5.32. The van der Waals surface area contributed by atoms with Gasteiger partial charge in [-0.25, -0.2) is 0 Å². The van der Waals surface area contributed by atoms with Gasteiger partial charge in [0.15, 0.2) is 0 Å². The second-order valence-corrected chi connectivity index (χ2v) is 4.43. The maximum absolute atomic E-state index is 3.41. The third kappa shape index (κ3) is 1.55. The first-order chi connectivity index (χ1) is 7.84. The van der Waals surface area contributed by atoms with E-state index in [1.165, 1.54) is 27.6 Å². The van der Waals surface area contributed by atoms with Crippen LogP contribution in [0.25, 0.3) is 16.5 Å². The van der Waals surface area contributed by atoms with E-state index >= 15 is 0 Å². The molecule has 2 heterocycles.